The van der Waals surface area contributed by atoms with Gasteiger partial charge in [-0.25, -0.2) is 0 Å². The van der Waals surface area contributed by atoms with Gasteiger partial charge in [0.05, 0.1) is 5.69 Å². The third-order valence-corrected chi connectivity index (χ3v) is 2.86. The molecule has 0 bridgehead atoms. The van der Waals surface area contributed by atoms with Gasteiger partial charge in [0.1, 0.15) is 5.75 Å². The zero-order valence-corrected chi connectivity index (χ0v) is 10.9. The van der Waals surface area contributed by atoms with Crippen LogP contribution in [0.4, 0.5) is 5.69 Å². The maximum absolute atomic E-state index is 5.89. The molecule has 2 aromatic rings. The maximum atomic E-state index is 5.89. The van der Waals surface area contributed by atoms with Crippen LogP contribution in [-0.2, 0) is 6.42 Å². The molecule has 2 heteroatoms. The molecule has 0 unspecified atom stereocenters. The van der Waals surface area contributed by atoms with Gasteiger partial charge in [0.15, 0.2) is 5.75 Å². The minimum absolute atomic E-state index is 0.665. The Hall–Kier alpha value is -1.96. The van der Waals surface area contributed by atoms with Gasteiger partial charge in [-0.3, -0.25) is 0 Å². The van der Waals surface area contributed by atoms with E-state index >= 15 is 0 Å². The van der Waals surface area contributed by atoms with Crippen molar-refractivity contribution in [1.82, 2.24) is 0 Å². The van der Waals surface area contributed by atoms with E-state index in [9.17, 15) is 0 Å². The quantitative estimate of drug-likeness (QED) is 0.809. The lowest BCUT2D eigenvalue weighted by Gasteiger charge is -2.09. The van der Waals surface area contributed by atoms with E-state index < -0.39 is 0 Å². The van der Waals surface area contributed by atoms with E-state index in [0.717, 1.165) is 29.9 Å². The van der Waals surface area contributed by atoms with Gasteiger partial charge in [-0.15, -0.1) is 0 Å². The molecule has 2 nitrogen and oxygen atoms in total. The van der Waals surface area contributed by atoms with E-state index in [0.29, 0.717) is 5.69 Å². The second-order valence-electron chi connectivity index (χ2n) is 4.54. The molecule has 0 atom stereocenters. The van der Waals surface area contributed by atoms with Gasteiger partial charge in [0.2, 0.25) is 0 Å². The summed E-state index contributed by atoms with van der Waals surface area (Å²) >= 11 is 0. The van der Waals surface area contributed by atoms with Crippen molar-refractivity contribution in [3.63, 3.8) is 0 Å². The van der Waals surface area contributed by atoms with Crippen LogP contribution in [0.2, 0.25) is 0 Å². The summed E-state index contributed by atoms with van der Waals surface area (Å²) in [6, 6.07) is 14.0. The van der Waals surface area contributed by atoms with Crippen molar-refractivity contribution >= 4 is 5.69 Å². The van der Waals surface area contributed by atoms with Gasteiger partial charge in [-0.2, -0.15) is 0 Å². The summed E-state index contributed by atoms with van der Waals surface area (Å²) in [6.07, 6.45) is 2.26. The molecule has 0 aliphatic heterocycles. The molecule has 0 saturated carbocycles. The lowest BCUT2D eigenvalue weighted by molar-refractivity contribution is 0.484. The molecule has 2 aromatic carbocycles. The molecule has 2 N–H and O–H groups in total. The van der Waals surface area contributed by atoms with Crippen molar-refractivity contribution in [2.24, 2.45) is 0 Å². The average Bonchev–Trinajstić information content (AvgIpc) is 2.37. The first-order chi connectivity index (χ1) is 8.69. The fourth-order valence-electron chi connectivity index (χ4n) is 1.87. The van der Waals surface area contributed by atoms with Crippen LogP contribution in [0, 0.1) is 6.92 Å². The molecule has 0 saturated heterocycles. The third kappa shape index (κ3) is 3.04. The fourth-order valence-corrected chi connectivity index (χ4v) is 1.87. The first-order valence-electron chi connectivity index (χ1n) is 6.32. The van der Waals surface area contributed by atoms with E-state index in [1.807, 2.05) is 37.3 Å². The minimum Gasteiger partial charge on any atom is -0.455 e. The highest BCUT2D eigenvalue weighted by Crippen LogP contribution is 2.28. The number of ether oxygens (including phenoxy) is 1. The average molecular weight is 241 g/mol. The zero-order chi connectivity index (χ0) is 13.0. The van der Waals surface area contributed by atoms with Crippen molar-refractivity contribution in [3.05, 3.63) is 53.6 Å². The monoisotopic (exact) mass is 241 g/mol. The van der Waals surface area contributed by atoms with Crippen molar-refractivity contribution in [2.45, 2.75) is 26.7 Å². The van der Waals surface area contributed by atoms with Crippen molar-refractivity contribution in [3.8, 4) is 11.5 Å². The molecule has 0 aliphatic carbocycles. The summed E-state index contributed by atoms with van der Waals surface area (Å²) in [4.78, 5) is 0. The Balaban J connectivity index is 2.15. The molecule has 0 fully saturated rings. The molecule has 0 aliphatic rings. The number of anilines is 1. The van der Waals surface area contributed by atoms with Crippen LogP contribution in [0.5, 0.6) is 11.5 Å². The van der Waals surface area contributed by atoms with Crippen LogP contribution >= 0.6 is 0 Å². The molecular formula is C16H19NO. The summed E-state index contributed by atoms with van der Waals surface area (Å²) in [6.45, 7) is 4.20. The summed E-state index contributed by atoms with van der Waals surface area (Å²) in [5.41, 5.74) is 9.03. The van der Waals surface area contributed by atoms with Gasteiger partial charge in [0.25, 0.3) is 0 Å². The normalized spacial score (nSPS) is 10.3. The fraction of sp³-hybridized carbons (Fsp3) is 0.250. The summed E-state index contributed by atoms with van der Waals surface area (Å²) in [5, 5.41) is 0. The second kappa shape index (κ2) is 5.58. The summed E-state index contributed by atoms with van der Waals surface area (Å²) in [5.74, 6) is 1.55. The Kier molecular flexibility index (Phi) is 3.88. The molecule has 2 rings (SSSR count). The van der Waals surface area contributed by atoms with Crippen LogP contribution in [0.25, 0.3) is 0 Å². The standard InChI is InChI=1S/C16H19NO/c1-3-4-13-6-8-14(9-7-13)18-16-11-12(2)5-10-15(16)17/h5-11H,3-4,17H2,1-2H3. The Morgan fingerprint density at radius 3 is 2.44 bits per heavy atom. The van der Waals surface area contributed by atoms with E-state index in [1.165, 1.54) is 5.56 Å². The Bertz CT molecular complexity index is 517. The highest BCUT2D eigenvalue weighted by molar-refractivity contribution is 5.55. The zero-order valence-electron chi connectivity index (χ0n) is 10.9. The number of nitrogen functional groups attached to an aromatic ring is 1. The van der Waals surface area contributed by atoms with Crippen molar-refractivity contribution < 1.29 is 4.74 Å². The van der Waals surface area contributed by atoms with Crippen LogP contribution in [0.3, 0.4) is 0 Å². The number of rotatable bonds is 4. The molecular weight excluding hydrogens is 222 g/mol. The molecule has 0 radical (unpaired) electrons. The topological polar surface area (TPSA) is 35.2 Å². The number of nitrogens with two attached hydrogens (primary N) is 1. The molecule has 0 amide bonds. The SMILES string of the molecule is CCCc1ccc(Oc2cc(C)ccc2N)cc1. The number of hydrogen-bond acceptors (Lipinski definition) is 2. The summed E-state index contributed by atoms with van der Waals surface area (Å²) in [7, 11) is 0. The number of hydrogen-bond donors (Lipinski definition) is 1. The van der Waals surface area contributed by atoms with Crippen LogP contribution in [0.15, 0.2) is 42.5 Å². The van der Waals surface area contributed by atoms with E-state index in [-0.39, 0.29) is 0 Å². The lowest BCUT2D eigenvalue weighted by Crippen LogP contribution is -1.93. The van der Waals surface area contributed by atoms with Crippen molar-refractivity contribution in [2.75, 3.05) is 5.73 Å². The van der Waals surface area contributed by atoms with Gasteiger partial charge in [0, 0.05) is 0 Å². The van der Waals surface area contributed by atoms with E-state index in [1.54, 1.807) is 0 Å². The predicted octanol–water partition coefficient (Wildman–Crippen LogP) is 4.32. The highest BCUT2D eigenvalue weighted by atomic mass is 16.5. The molecule has 0 heterocycles. The van der Waals surface area contributed by atoms with Crippen molar-refractivity contribution in [1.29, 1.82) is 0 Å². The van der Waals surface area contributed by atoms with Crippen LogP contribution < -0.4 is 10.5 Å². The first-order valence-corrected chi connectivity index (χ1v) is 6.32. The van der Waals surface area contributed by atoms with E-state index in [2.05, 4.69) is 19.1 Å². The second-order valence-corrected chi connectivity index (χ2v) is 4.54. The summed E-state index contributed by atoms with van der Waals surface area (Å²) < 4.78 is 5.80. The minimum atomic E-state index is 0.665. The van der Waals surface area contributed by atoms with Gasteiger partial charge in [-0.05, 0) is 48.7 Å². The molecule has 0 spiro atoms. The number of aryl methyl sites for hydroxylation is 2. The molecule has 18 heavy (non-hydrogen) atoms. The van der Waals surface area contributed by atoms with Gasteiger partial charge >= 0.3 is 0 Å². The molecule has 94 valence electrons. The van der Waals surface area contributed by atoms with E-state index in [4.69, 9.17) is 10.5 Å². The van der Waals surface area contributed by atoms with Gasteiger partial charge < -0.3 is 10.5 Å². The highest BCUT2D eigenvalue weighted by Gasteiger charge is 2.02. The third-order valence-electron chi connectivity index (χ3n) is 2.86. The first kappa shape index (κ1) is 12.5. The smallest absolute Gasteiger partial charge is 0.150 e. The Labute approximate surface area is 108 Å². The van der Waals surface area contributed by atoms with Crippen LogP contribution in [0.1, 0.15) is 24.5 Å². The Morgan fingerprint density at radius 2 is 1.78 bits per heavy atom. The maximum Gasteiger partial charge on any atom is 0.150 e. The predicted molar refractivity (Wildman–Crippen MR) is 76.1 cm³/mol. The largest absolute Gasteiger partial charge is 0.455 e. The Morgan fingerprint density at radius 1 is 1.06 bits per heavy atom. The lowest BCUT2D eigenvalue weighted by atomic mass is 10.1. The molecule has 0 aromatic heterocycles. The number of benzene rings is 2. The van der Waals surface area contributed by atoms with Crippen LogP contribution in [-0.4, -0.2) is 0 Å². The van der Waals surface area contributed by atoms with Gasteiger partial charge in [-0.1, -0.05) is 31.5 Å².